The second kappa shape index (κ2) is 9.09. The highest BCUT2D eigenvalue weighted by Crippen LogP contribution is 2.24. The van der Waals surface area contributed by atoms with Crippen molar-refractivity contribution in [3.05, 3.63) is 46.7 Å². The lowest BCUT2D eigenvalue weighted by atomic mass is 10.1. The van der Waals surface area contributed by atoms with Crippen molar-refractivity contribution < 1.29 is 14.3 Å². The Hall–Kier alpha value is -2.87. The molecule has 0 saturated carbocycles. The average molecular weight is 444 g/mol. The third-order valence-corrected chi connectivity index (χ3v) is 5.74. The molecule has 2 aromatic rings. The number of aryl methyl sites for hydroxylation is 2. The van der Waals surface area contributed by atoms with Crippen molar-refractivity contribution in [1.82, 2.24) is 19.8 Å². The number of rotatable bonds is 5. The Morgan fingerprint density at radius 2 is 1.94 bits per heavy atom. The van der Waals surface area contributed by atoms with Gasteiger partial charge >= 0.3 is 12.0 Å². The number of carbonyl (C=O) groups excluding carboxylic acids is 2. The van der Waals surface area contributed by atoms with Gasteiger partial charge in [0.1, 0.15) is 12.6 Å². The second-order valence-electron chi connectivity index (χ2n) is 7.99. The zero-order valence-electron chi connectivity index (χ0n) is 17.8. The highest BCUT2D eigenvalue weighted by atomic mass is 35.5. The Morgan fingerprint density at radius 1 is 1.16 bits per heavy atom. The topological polar surface area (TPSA) is 78.9 Å². The van der Waals surface area contributed by atoms with Gasteiger partial charge in [-0.15, -0.1) is 0 Å². The molecule has 31 heavy (non-hydrogen) atoms. The number of halogens is 1. The molecule has 0 N–H and O–H groups in total. The monoisotopic (exact) mass is 443 g/mol. The molecule has 0 spiro atoms. The van der Waals surface area contributed by atoms with Crippen LogP contribution in [0.15, 0.2) is 30.3 Å². The maximum absolute atomic E-state index is 12.9. The van der Waals surface area contributed by atoms with E-state index in [1.54, 1.807) is 26.8 Å². The lowest BCUT2D eigenvalue weighted by molar-refractivity contribution is -0.134. The number of carbonyl (C=O) groups is 2. The first kappa shape index (κ1) is 21.4. The van der Waals surface area contributed by atoms with Gasteiger partial charge in [0.2, 0.25) is 5.91 Å². The van der Waals surface area contributed by atoms with Gasteiger partial charge in [-0.2, -0.15) is 0 Å². The van der Waals surface area contributed by atoms with Crippen molar-refractivity contribution in [2.24, 2.45) is 0 Å². The van der Waals surface area contributed by atoms with Gasteiger partial charge in [0.25, 0.3) is 0 Å². The zero-order chi connectivity index (χ0) is 22.0. The number of likely N-dealkylation sites (tertiary alicyclic amines) is 1. The first-order chi connectivity index (χ1) is 14.9. The molecule has 2 aliphatic heterocycles. The molecule has 3 heterocycles. The van der Waals surface area contributed by atoms with Gasteiger partial charge in [0.15, 0.2) is 0 Å². The van der Waals surface area contributed by atoms with E-state index in [0.717, 1.165) is 29.9 Å². The van der Waals surface area contributed by atoms with Crippen molar-refractivity contribution in [3.8, 4) is 6.01 Å². The maximum Gasteiger partial charge on any atom is 0.325 e. The van der Waals surface area contributed by atoms with Gasteiger partial charge in [-0.25, -0.2) is 14.8 Å². The third-order valence-electron chi connectivity index (χ3n) is 5.51. The van der Waals surface area contributed by atoms with Crippen molar-refractivity contribution in [1.29, 1.82) is 0 Å². The Morgan fingerprint density at radius 3 is 2.68 bits per heavy atom. The molecule has 0 bridgehead atoms. The summed E-state index contributed by atoms with van der Waals surface area (Å²) in [5.41, 5.74) is 2.44. The fourth-order valence-electron chi connectivity index (χ4n) is 4.03. The molecule has 1 unspecified atom stereocenters. The van der Waals surface area contributed by atoms with Gasteiger partial charge in [-0.3, -0.25) is 9.69 Å². The molecule has 9 heteroatoms. The van der Waals surface area contributed by atoms with Gasteiger partial charge in [0.05, 0.1) is 6.54 Å². The van der Waals surface area contributed by atoms with E-state index in [-0.39, 0.29) is 24.6 Å². The smallest absolute Gasteiger partial charge is 0.325 e. The van der Waals surface area contributed by atoms with Crippen LogP contribution in [-0.4, -0.2) is 70.5 Å². The van der Waals surface area contributed by atoms with Crippen molar-refractivity contribution in [3.63, 3.8) is 0 Å². The van der Waals surface area contributed by atoms with Crippen LogP contribution < -0.4 is 9.64 Å². The van der Waals surface area contributed by atoms with Crippen molar-refractivity contribution in [2.45, 2.75) is 32.8 Å². The van der Waals surface area contributed by atoms with Crippen LogP contribution in [0.1, 0.15) is 24.2 Å². The van der Waals surface area contributed by atoms with Crippen LogP contribution in [0.25, 0.3) is 0 Å². The fourth-order valence-corrected chi connectivity index (χ4v) is 4.22. The molecule has 2 aliphatic rings. The minimum absolute atomic E-state index is 0.0582. The van der Waals surface area contributed by atoms with E-state index >= 15 is 0 Å². The summed E-state index contributed by atoms with van der Waals surface area (Å²) >= 11 is 6.05. The number of nitrogens with zero attached hydrogens (tertiary/aromatic N) is 5. The quantitative estimate of drug-likeness (QED) is 0.709. The Balaban J connectivity index is 1.34. The van der Waals surface area contributed by atoms with Gasteiger partial charge < -0.3 is 14.5 Å². The minimum Gasteiger partial charge on any atom is -0.458 e. The van der Waals surface area contributed by atoms with Crippen LogP contribution in [0.2, 0.25) is 5.02 Å². The van der Waals surface area contributed by atoms with Crippen LogP contribution in [0.4, 0.5) is 10.5 Å². The predicted molar refractivity (Wildman–Crippen MR) is 118 cm³/mol. The van der Waals surface area contributed by atoms with E-state index in [1.807, 2.05) is 32.0 Å². The molecule has 0 radical (unpaired) electrons. The minimum atomic E-state index is -0.177. The summed E-state index contributed by atoms with van der Waals surface area (Å²) in [7, 11) is 0. The first-order valence-electron chi connectivity index (χ1n) is 10.5. The molecule has 3 amide bonds. The molecule has 1 aromatic heterocycles. The molecule has 4 rings (SSSR count). The van der Waals surface area contributed by atoms with Gasteiger partial charge in [-0.1, -0.05) is 17.7 Å². The largest absolute Gasteiger partial charge is 0.458 e. The first-order valence-corrected chi connectivity index (χ1v) is 10.9. The van der Waals surface area contributed by atoms with Crippen LogP contribution >= 0.6 is 11.6 Å². The molecule has 0 aliphatic carbocycles. The van der Waals surface area contributed by atoms with E-state index in [4.69, 9.17) is 16.3 Å². The maximum atomic E-state index is 12.9. The number of urea groups is 1. The Bertz CT molecular complexity index is 965. The van der Waals surface area contributed by atoms with Gasteiger partial charge in [0, 0.05) is 41.7 Å². The van der Waals surface area contributed by atoms with E-state index in [2.05, 4.69) is 9.97 Å². The number of ether oxygens (including phenoxy) is 1. The number of aromatic nitrogens is 2. The summed E-state index contributed by atoms with van der Waals surface area (Å²) in [6.07, 6.45) is 1.52. The normalized spacial score (nSPS) is 19.1. The highest BCUT2D eigenvalue weighted by molar-refractivity contribution is 6.30. The summed E-state index contributed by atoms with van der Waals surface area (Å²) in [5, 5.41) is 0.576. The fraction of sp³-hybridized carbons (Fsp3) is 0.455. The predicted octanol–water partition coefficient (Wildman–Crippen LogP) is 3.06. The van der Waals surface area contributed by atoms with Crippen LogP contribution in [-0.2, 0) is 4.79 Å². The van der Waals surface area contributed by atoms with Gasteiger partial charge in [-0.05, 0) is 51.0 Å². The number of hydrogen-bond acceptors (Lipinski definition) is 5. The standard InChI is InChI=1S/C22H26ClN5O3/c1-15-11-16(2)25-21(24-15)31-19-7-4-8-26(13-19)20(29)14-27-9-10-28(22(27)30)18-6-3-5-17(23)12-18/h3,5-6,11-12,19H,4,7-10,13-14H2,1-2H3. The molecular formula is C22H26ClN5O3. The lowest BCUT2D eigenvalue weighted by Gasteiger charge is -2.33. The Kier molecular flexibility index (Phi) is 6.27. The molecule has 164 valence electrons. The van der Waals surface area contributed by atoms with E-state index in [0.29, 0.717) is 37.2 Å². The van der Waals surface area contributed by atoms with E-state index < -0.39 is 0 Å². The number of piperidine rings is 1. The average Bonchev–Trinajstić information content (AvgIpc) is 3.07. The Labute approximate surface area is 186 Å². The van der Waals surface area contributed by atoms with E-state index in [1.165, 1.54) is 0 Å². The number of benzene rings is 1. The zero-order valence-corrected chi connectivity index (χ0v) is 18.5. The summed E-state index contributed by atoms with van der Waals surface area (Å²) in [4.78, 5) is 39.4. The summed E-state index contributed by atoms with van der Waals surface area (Å²) in [6, 6.07) is 9.25. The molecule has 1 atom stereocenters. The number of anilines is 1. The van der Waals surface area contributed by atoms with Crippen LogP contribution in [0.5, 0.6) is 6.01 Å². The molecule has 2 saturated heterocycles. The summed E-state index contributed by atoms with van der Waals surface area (Å²) in [6.45, 7) is 6.02. The number of hydrogen-bond donors (Lipinski definition) is 0. The lowest BCUT2D eigenvalue weighted by Crippen LogP contribution is -2.48. The summed E-state index contributed by atoms with van der Waals surface area (Å²) < 4.78 is 5.96. The second-order valence-corrected chi connectivity index (χ2v) is 8.43. The highest BCUT2D eigenvalue weighted by Gasteiger charge is 2.33. The SMILES string of the molecule is Cc1cc(C)nc(OC2CCCN(C(=O)CN3CCN(c4cccc(Cl)c4)C3=O)C2)n1. The van der Waals surface area contributed by atoms with Crippen LogP contribution in [0, 0.1) is 13.8 Å². The molecule has 2 fully saturated rings. The van der Waals surface area contributed by atoms with E-state index in [9.17, 15) is 9.59 Å². The third kappa shape index (κ3) is 5.07. The number of amides is 3. The summed E-state index contributed by atoms with van der Waals surface area (Å²) in [5.74, 6) is -0.0732. The molecular weight excluding hydrogens is 418 g/mol. The van der Waals surface area contributed by atoms with Crippen LogP contribution in [0.3, 0.4) is 0 Å². The van der Waals surface area contributed by atoms with Crippen molar-refractivity contribution >= 4 is 29.2 Å². The van der Waals surface area contributed by atoms with Crippen molar-refractivity contribution in [2.75, 3.05) is 37.6 Å². The molecule has 1 aromatic carbocycles. The molecule has 8 nitrogen and oxygen atoms in total.